The summed E-state index contributed by atoms with van der Waals surface area (Å²) in [4.78, 5) is 71.8. The number of phosphoric acid groups is 5. The molecule has 39 heavy (non-hydrogen) atoms. The maximum absolute atomic E-state index is 11.9. The topological polar surface area (TPSA) is 304 Å². The lowest BCUT2D eigenvalue weighted by atomic mass is 10.0. The maximum Gasteiger partial charge on any atom is 0.478 e. The minimum Gasteiger partial charge on any atom is -0.302 e. The van der Waals surface area contributed by atoms with Gasteiger partial charge in [-0.1, -0.05) is 66.2 Å². The molecule has 240 valence electrons. The minimum atomic E-state index is -5.05. The van der Waals surface area contributed by atoms with Crippen molar-refractivity contribution >= 4 is 39.1 Å². The van der Waals surface area contributed by atoms with E-state index in [-0.39, 0.29) is 0 Å². The molecule has 0 saturated heterocycles. The molecule has 0 aliphatic rings. The fourth-order valence-corrected chi connectivity index (χ4v) is 5.60. The molecule has 0 heterocycles. The smallest absolute Gasteiger partial charge is 0.302 e. The molecule has 0 aliphatic carbocycles. The van der Waals surface area contributed by atoms with Gasteiger partial charge in [-0.15, -0.1) is 0 Å². The van der Waals surface area contributed by atoms with Gasteiger partial charge < -0.3 is 44.0 Å². The third kappa shape index (κ3) is 38.6. The largest absolute Gasteiger partial charge is 0.478 e. The summed E-state index contributed by atoms with van der Waals surface area (Å²) in [6.45, 7) is 9.10. The first-order chi connectivity index (χ1) is 17.4. The van der Waals surface area contributed by atoms with Gasteiger partial charge in [0.15, 0.2) is 0 Å². The maximum atomic E-state index is 11.9. The van der Waals surface area contributed by atoms with Crippen LogP contribution in [0.1, 0.15) is 79.1 Å². The molecule has 18 nitrogen and oxygen atoms in total. The molecule has 9 N–H and O–H groups in total. The Labute approximate surface area is 228 Å². The molecule has 0 bridgehead atoms. The summed E-state index contributed by atoms with van der Waals surface area (Å²) in [5.41, 5.74) is 0. The van der Waals surface area contributed by atoms with Gasteiger partial charge in [-0.2, -0.15) is 8.62 Å². The number of phosphoric ester groups is 1. The van der Waals surface area contributed by atoms with Crippen molar-refractivity contribution in [1.82, 2.24) is 0 Å². The lowest BCUT2D eigenvalue weighted by Crippen LogP contribution is -2.12. The van der Waals surface area contributed by atoms with Crippen molar-refractivity contribution in [3.63, 3.8) is 0 Å². The average Bonchev–Trinajstić information content (AvgIpc) is 2.69. The SMILES string of the molecule is CCCCC(CC)COP(=O)(O)OCC(CC)CCCC.O=P(O)(O)OP(=O)(O)O.O=P(O)(O)OP(=O)(O)O. The highest BCUT2D eigenvalue weighted by atomic mass is 31.3. The van der Waals surface area contributed by atoms with Crippen LogP contribution in [0.3, 0.4) is 0 Å². The molecular formula is C16H43O18P5. The Hall–Kier alpha value is 0.630. The molecule has 0 rings (SSSR count). The standard InChI is InChI=1S/C16H35O4P.2H4O7P2/c1-5-9-11-15(7-3)13-19-21(17,18)20-14-16(8-4)12-10-6-2;2*1-8(2,3)7-9(4,5)6/h15-16H,5-14H2,1-4H3,(H,17,18);2*(H2,1,2,3)(H2,4,5,6). The van der Waals surface area contributed by atoms with Crippen LogP contribution < -0.4 is 0 Å². The van der Waals surface area contributed by atoms with E-state index in [1.165, 1.54) is 0 Å². The first-order valence-electron chi connectivity index (χ1n) is 11.7. The fraction of sp³-hybridized carbons (Fsp3) is 1.00. The summed E-state index contributed by atoms with van der Waals surface area (Å²) in [6.07, 6.45) is 8.56. The van der Waals surface area contributed by atoms with E-state index in [0.29, 0.717) is 25.0 Å². The molecule has 0 amide bonds. The lowest BCUT2D eigenvalue weighted by molar-refractivity contribution is 0.110. The molecule has 23 heteroatoms. The summed E-state index contributed by atoms with van der Waals surface area (Å²) in [5.74, 6) is 0.687. The van der Waals surface area contributed by atoms with Crippen LogP contribution in [0.5, 0.6) is 0 Å². The van der Waals surface area contributed by atoms with E-state index in [0.717, 1.165) is 51.4 Å². The van der Waals surface area contributed by atoms with Crippen molar-refractivity contribution < 1.29 is 84.5 Å². The lowest BCUT2D eigenvalue weighted by Gasteiger charge is -2.20. The predicted molar refractivity (Wildman–Crippen MR) is 139 cm³/mol. The van der Waals surface area contributed by atoms with Crippen LogP contribution in [-0.4, -0.2) is 57.3 Å². The van der Waals surface area contributed by atoms with Crippen LogP contribution in [0, 0.1) is 11.8 Å². The van der Waals surface area contributed by atoms with Crippen molar-refractivity contribution in [2.75, 3.05) is 13.2 Å². The summed E-state index contributed by atoms with van der Waals surface area (Å²) < 4.78 is 66.7. The van der Waals surface area contributed by atoms with Crippen LogP contribution in [0.2, 0.25) is 0 Å². The third-order valence-electron chi connectivity index (χ3n) is 4.46. The van der Waals surface area contributed by atoms with Gasteiger partial charge in [-0.25, -0.2) is 22.8 Å². The predicted octanol–water partition coefficient (Wildman–Crippen LogP) is 3.93. The van der Waals surface area contributed by atoms with Gasteiger partial charge in [-0.3, -0.25) is 9.05 Å². The molecule has 2 unspecified atom stereocenters. The Kier molecular flexibility index (Phi) is 24.1. The average molecular weight is 678 g/mol. The summed E-state index contributed by atoms with van der Waals surface area (Å²) in [6, 6.07) is 0. The summed E-state index contributed by atoms with van der Waals surface area (Å²) in [5, 5.41) is 0. The number of hydrogen-bond acceptors (Lipinski definition) is 9. The molecule has 0 aliphatic heterocycles. The van der Waals surface area contributed by atoms with E-state index in [1.807, 2.05) is 0 Å². The molecule has 0 aromatic carbocycles. The van der Waals surface area contributed by atoms with Crippen LogP contribution in [0.15, 0.2) is 0 Å². The van der Waals surface area contributed by atoms with Crippen LogP contribution in [0.25, 0.3) is 0 Å². The second-order valence-electron chi connectivity index (χ2n) is 8.02. The van der Waals surface area contributed by atoms with E-state index in [1.54, 1.807) is 0 Å². The van der Waals surface area contributed by atoms with Crippen molar-refractivity contribution in [3.05, 3.63) is 0 Å². The highest BCUT2D eigenvalue weighted by molar-refractivity contribution is 7.60. The first-order valence-corrected chi connectivity index (χ1v) is 19.3. The molecule has 2 atom stereocenters. The van der Waals surface area contributed by atoms with Crippen molar-refractivity contribution in [1.29, 1.82) is 0 Å². The molecule has 0 spiro atoms. The molecule has 0 aromatic rings. The zero-order valence-electron chi connectivity index (χ0n) is 22.2. The van der Waals surface area contributed by atoms with Crippen LogP contribution >= 0.6 is 39.1 Å². The first kappa shape index (κ1) is 44.1. The van der Waals surface area contributed by atoms with Crippen LogP contribution in [0.4, 0.5) is 0 Å². The molecule has 0 fully saturated rings. The quantitative estimate of drug-likeness (QED) is 0.0927. The van der Waals surface area contributed by atoms with Crippen LogP contribution in [-0.2, 0) is 40.5 Å². The second-order valence-corrected chi connectivity index (χ2v) is 14.7. The molecule has 0 aromatic heterocycles. The summed E-state index contributed by atoms with van der Waals surface area (Å²) >= 11 is 0. The number of hydrogen-bond donors (Lipinski definition) is 9. The van der Waals surface area contributed by atoms with E-state index < -0.39 is 39.1 Å². The van der Waals surface area contributed by atoms with Gasteiger partial charge in [-0.05, 0) is 24.7 Å². The minimum absolute atomic E-state index is 0.316. The normalized spacial score (nSPS) is 15.7. The van der Waals surface area contributed by atoms with Crippen molar-refractivity contribution in [2.45, 2.75) is 79.1 Å². The summed E-state index contributed by atoms with van der Waals surface area (Å²) in [7, 11) is -24.1. The zero-order valence-corrected chi connectivity index (χ0v) is 26.6. The van der Waals surface area contributed by atoms with E-state index in [4.69, 9.17) is 48.2 Å². The van der Waals surface area contributed by atoms with Crippen molar-refractivity contribution in [3.8, 4) is 0 Å². The van der Waals surface area contributed by atoms with Gasteiger partial charge >= 0.3 is 39.1 Å². The zero-order chi connectivity index (χ0) is 31.6. The highest BCUT2D eigenvalue weighted by Gasteiger charge is 2.29. The van der Waals surface area contributed by atoms with Gasteiger partial charge in [0.1, 0.15) is 0 Å². The number of unbranched alkanes of at least 4 members (excludes halogenated alkanes) is 2. The van der Waals surface area contributed by atoms with Gasteiger partial charge in [0.25, 0.3) is 0 Å². The Morgan fingerprint density at radius 1 is 0.513 bits per heavy atom. The van der Waals surface area contributed by atoms with E-state index in [2.05, 4.69) is 36.3 Å². The monoisotopic (exact) mass is 678 g/mol. The van der Waals surface area contributed by atoms with Gasteiger partial charge in [0, 0.05) is 0 Å². The van der Waals surface area contributed by atoms with Gasteiger partial charge in [0.2, 0.25) is 0 Å². The van der Waals surface area contributed by atoms with E-state index >= 15 is 0 Å². The third-order valence-corrected chi connectivity index (χ3v) is 8.81. The van der Waals surface area contributed by atoms with E-state index in [9.17, 15) is 27.7 Å². The molecular weight excluding hydrogens is 635 g/mol. The fourth-order valence-electron chi connectivity index (χ4n) is 2.51. The Bertz CT molecular complexity index is 754. The Balaban J connectivity index is -0.000000592. The van der Waals surface area contributed by atoms with Crippen molar-refractivity contribution in [2.24, 2.45) is 11.8 Å². The molecule has 0 saturated carbocycles. The second kappa shape index (κ2) is 21.3. The molecule has 0 radical (unpaired) electrons. The Morgan fingerprint density at radius 2 is 0.769 bits per heavy atom. The number of rotatable bonds is 18. The Morgan fingerprint density at radius 3 is 0.923 bits per heavy atom. The van der Waals surface area contributed by atoms with Gasteiger partial charge in [0.05, 0.1) is 13.2 Å². The highest BCUT2D eigenvalue weighted by Crippen LogP contribution is 2.54.